The largest absolute Gasteiger partial charge is 0.356 e. The van der Waals surface area contributed by atoms with E-state index in [2.05, 4.69) is 17.2 Å². The molecule has 1 saturated heterocycles. The molecular weight excluding hydrogens is 218 g/mol. The van der Waals surface area contributed by atoms with Gasteiger partial charge in [0, 0.05) is 37.4 Å². The highest BCUT2D eigenvalue weighted by molar-refractivity contribution is 5.99. The second-order valence-electron chi connectivity index (χ2n) is 4.46. The van der Waals surface area contributed by atoms with Crippen molar-refractivity contribution < 1.29 is 9.59 Å². The van der Waals surface area contributed by atoms with Crippen molar-refractivity contribution in [2.45, 2.75) is 19.9 Å². The van der Waals surface area contributed by atoms with Gasteiger partial charge in [0.2, 0.25) is 0 Å². The molecule has 2 rings (SSSR count). The molecule has 92 valence electrons. The number of carbonyl (C=O) groups is 2. The maximum atomic E-state index is 12.1. The van der Waals surface area contributed by atoms with Crippen LogP contribution in [0.25, 0.3) is 0 Å². The molecule has 0 aromatic carbocycles. The smallest absolute Gasteiger partial charge is 0.270 e. The van der Waals surface area contributed by atoms with Crippen LogP contribution in [0.1, 0.15) is 34.7 Å². The number of rotatable bonds is 2. The lowest BCUT2D eigenvalue weighted by Gasteiger charge is -2.31. The van der Waals surface area contributed by atoms with Gasteiger partial charge in [-0.15, -0.1) is 0 Å². The van der Waals surface area contributed by atoms with E-state index < -0.39 is 0 Å². The van der Waals surface area contributed by atoms with Crippen molar-refractivity contribution in [3.63, 3.8) is 0 Å². The van der Waals surface area contributed by atoms with Crippen molar-refractivity contribution >= 4 is 11.7 Å². The molecule has 1 aromatic heterocycles. The van der Waals surface area contributed by atoms with Crippen molar-refractivity contribution in [3.8, 4) is 0 Å². The molecule has 1 fully saturated rings. The SMILES string of the molecule is CC(=O)c1c[nH]c(C(=O)N2CCN[C@H](C)C2)c1. The number of nitrogens with one attached hydrogen (secondary N) is 2. The Morgan fingerprint density at radius 1 is 1.47 bits per heavy atom. The molecule has 0 saturated carbocycles. The standard InChI is InChI=1S/C12H17N3O2/c1-8-7-15(4-3-13-8)12(17)11-5-10(6-14-11)9(2)16/h5-6,8,13-14H,3-4,7H2,1-2H3/t8-/m1/s1. The maximum Gasteiger partial charge on any atom is 0.270 e. The van der Waals surface area contributed by atoms with E-state index in [9.17, 15) is 9.59 Å². The first-order chi connectivity index (χ1) is 8.08. The molecule has 17 heavy (non-hydrogen) atoms. The van der Waals surface area contributed by atoms with E-state index in [0.717, 1.165) is 6.54 Å². The molecule has 1 aliphatic rings. The van der Waals surface area contributed by atoms with Gasteiger partial charge in [-0.25, -0.2) is 0 Å². The molecule has 2 heterocycles. The number of amides is 1. The van der Waals surface area contributed by atoms with E-state index >= 15 is 0 Å². The fraction of sp³-hybridized carbons (Fsp3) is 0.500. The number of aromatic amines is 1. The highest BCUT2D eigenvalue weighted by atomic mass is 16.2. The third kappa shape index (κ3) is 2.55. The average Bonchev–Trinajstić information content (AvgIpc) is 2.77. The van der Waals surface area contributed by atoms with Crippen molar-refractivity contribution in [1.29, 1.82) is 0 Å². The summed E-state index contributed by atoms with van der Waals surface area (Å²) in [7, 11) is 0. The summed E-state index contributed by atoms with van der Waals surface area (Å²) < 4.78 is 0. The second-order valence-corrected chi connectivity index (χ2v) is 4.46. The molecule has 0 spiro atoms. The molecule has 1 atom stereocenters. The predicted molar refractivity (Wildman–Crippen MR) is 64.2 cm³/mol. The highest BCUT2D eigenvalue weighted by Gasteiger charge is 2.22. The Bertz CT molecular complexity index is 439. The van der Waals surface area contributed by atoms with Crippen LogP contribution in [0.15, 0.2) is 12.3 Å². The molecular formula is C12H17N3O2. The Morgan fingerprint density at radius 3 is 2.82 bits per heavy atom. The molecule has 0 radical (unpaired) electrons. The molecule has 5 heteroatoms. The summed E-state index contributed by atoms with van der Waals surface area (Å²) in [4.78, 5) is 28.0. The van der Waals surface area contributed by atoms with E-state index in [1.807, 2.05) is 0 Å². The van der Waals surface area contributed by atoms with Gasteiger partial charge in [0.15, 0.2) is 5.78 Å². The zero-order valence-electron chi connectivity index (χ0n) is 10.1. The Labute approximate surface area is 100 Å². The molecule has 0 aliphatic carbocycles. The van der Waals surface area contributed by atoms with Crippen LogP contribution in [0.4, 0.5) is 0 Å². The summed E-state index contributed by atoms with van der Waals surface area (Å²) in [5, 5.41) is 3.28. The van der Waals surface area contributed by atoms with Gasteiger partial charge in [-0.05, 0) is 19.9 Å². The summed E-state index contributed by atoms with van der Waals surface area (Å²) in [5.74, 6) is -0.0696. The first-order valence-electron chi connectivity index (χ1n) is 5.80. The summed E-state index contributed by atoms with van der Waals surface area (Å²) in [6, 6.07) is 1.94. The van der Waals surface area contributed by atoms with Gasteiger partial charge in [0.25, 0.3) is 5.91 Å². The Hall–Kier alpha value is -1.62. The lowest BCUT2D eigenvalue weighted by molar-refractivity contribution is 0.0704. The van der Waals surface area contributed by atoms with Gasteiger partial charge < -0.3 is 15.2 Å². The molecule has 0 unspecified atom stereocenters. The van der Waals surface area contributed by atoms with Gasteiger partial charge in [0.05, 0.1) is 0 Å². The van der Waals surface area contributed by atoms with Crippen molar-refractivity contribution in [2.75, 3.05) is 19.6 Å². The fourth-order valence-corrected chi connectivity index (χ4v) is 2.01. The molecule has 1 amide bonds. The molecule has 5 nitrogen and oxygen atoms in total. The zero-order valence-corrected chi connectivity index (χ0v) is 10.1. The predicted octanol–water partition coefficient (Wildman–Crippen LogP) is 0.651. The molecule has 0 bridgehead atoms. The van der Waals surface area contributed by atoms with Gasteiger partial charge in [-0.3, -0.25) is 9.59 Å². The minimum Gasteiger partial charge on any atom is -0.356 e. The van der Waals surface area contributed by atoms with Crippen LogP contribution >= 0.6 is 0 Å². The van der Waals surface area contributed by atoms with Crippen LogP contribution in [0, 0.1) is 0 Å². The van der Waals surface area contributed by atoms with E-state index in [1.165, 1.54) is 6.92 Å². The Morgan fingerprint density at radius 2 is 2.24 bits per heavy atom. The number of hydrogen-bond donors (Lipinski definition) is 2. The van der Waals surface area contributed by atoms with Crippen LogP contribution in [0.2, 0.25) is 0 Å². The fourth-order valence-electron chi connectivity index (χ4n) is 2.01. The van der Waals surface area contributed by atoms with Crippen molar-refractivity contribution in [1.82, 2.24) is 15.2 Å². The Kier molecular flexibility index (Phi) is 3.28. The van der Waals surface area contributed by atoms with Gasteiger partial charge in [-0.2, -0.15) is 0 Å². The van der Waals surface area contributed by atoms with Crippen molar-refractivity contribution in [2.24, 2.45) is 0 Å². The second kappa shape index (κ2) is 4.71. The number of aromatic nitrogens is 1. The maximum absolute atomic E-state index is 12.1. The topological polar surface area (TPSA) is 65.2 Å². The normalized spacial score (nSPS) is 20.4. The summed E-state index contributed by atoms with van der Waals surface area (Å²) in [5.41, 5.74) is 1.04. The Balaban J connectivity index is 2.10. The van der Waals surface area contributed by atoms with E-state index in [0.29, 0.717) is 30.4 Å². The number of piperazine rings is 1. The van der Waals surface area contributed by atoms with E-state index in [-0.39, 0.29) is 11.7 Å². The van der Waals surface area contributed by atoms with Crippen LogP contribution in [-0.4, -0.2) is 47.3 Å². The average molecular weight is 235 g/mol. The van der Waals surface area contributed by atoms with Gasteiger partial charge in [0.1, 0.15) is 5.69 Å². The van der Waals surface area contributed by atoms with Crippen LogP contribution in [-0.2, 0) is 0 Å². The number of hydrogen-bond acceptors (Lipinski definition) is 3. The lowest BCUT2D eigenvalue weighted by Crippen LogP contribution is -2.51. The number of H-pyrrole nitrogens is 1. The number of carbonyl (C=O) groups excluding carboxylic acids is 2. The summed E-state index contributed by atoms with van der Waals surface area (Å²) in [6.45, 7) is 5.76. The summed E-state index contributed by atoms with van der Waals surface area (Å²) in [6.07, 6.45) is 1.58. The van der Waals surface area contributed by atoms with Crippen molar-refractivity contribution in [3.05, 3.63) is 23.5 Å². The molecule has 1 aliphatic heterocycles. The highest BCUT2D eigenvalue weighted by Crippen LogP contribution is 2.09. The quantitative estimate of drug-likeness (QED) is 0.740. The van der Waals surface area contributed by atoms with Gasteiger partial charge >= 0.3 is 0 Å². The summed E-state index contributed by atoms with van der Waals surface area (Å²) >= 11 is 0. The first-order valence-corrected chi connectivity index (χ1v) is 5.80. The monoisotopic (exact) mass is 235 g/mol. The van der Waals surface area contributed by atoms with Crippen LogP contribution in [0.5, 0.6) is 0 Å². The van der Waals surface area contributed by atoms with Crippen LogP contribution in [0.3, 0.4) is 0 Å². The third-order valence-electron chi connectivity index (χ3n) is 2.98. The van der Waals surface area contributed by atoms with E-state index in [4.69, 9.17) is 0 Å². The zero-order chi connectivity index (χ0) is 12.4. The van der Waals surface area contributed by atoms with E-state index in [1.54, 1.807) is 17.2 Å². The first kappa shape index (κ1) is 11.9. The minimum atomic E-state index is -0.0362. The van der Waals surface area contributed by atoms with Gasteiger partial charge in [-0.1, -0.05) is 0 Å². The lowest BCUT2D eigenvalue weighted by atomic mass is 10.2. The minimum absolute atomic E-state index is 0.0334. The molecule has 2 N–H and O–H groups in total. The molecule has 1 aromatic rings. The third-order valence-corrected chi connectivity index (χ3v) is 2.98. The number of nitrogens with zero attached hydrogens (tertiary/aromatic N) is 1. The number of Topliss-reactive ketones (excluding diaryl/α,β-unsaturated/α-hetero) is 1. The van der Waals surface area contributed by atoms with Crippen LogP contribution < -0.4 is 5.32 Å². The number of ketones is 1.